The minimum Gasteiger partial charge on any atom is -0.478 e. The second-order valence-electron chi connectivity index (χ2n) is 6.44. The third-order valence-electron chi connectivity index (χ3n) is 4.59. The second-order valence-corrected chi connectivity index (χ2v) is 6.88. The predicted molar refractivity (Wildman–Crippen MR) is 106 cm³/mol. The van der Waals surface area contributed by atoms with Crippen molar-refractivity contribution < 1.29 is 9.90 Å². The Morgan fingerprint density at radius 1 is 1.07 bits per heavy atom. The van der Waals surface area contributed by atoms with Gasteiger partial charge in [0.05, 0.1) is 17.8 Å². The van der Waals surface area contributed by atoms with Crippen LogP contribution < -0.4 is 0 Å². The zero-order valence-corrected chi connectivity index (χ0v) is 15.2. The van der Waals surface area contributed by atoms with Crippen LogP contribution in [0.2, 0.25) is 5.02 Å². The molecule has 0 amide bonds. The van der Waals surface area contributed by atoms with E-state index in [1.54, 1.807) is 18.3 Å². The van der Waals surface area contributed by atoms with Crippen LogP contribution >= 0.6 is 11.6 Å². The first kappa shape index (κ1) is 17.3. The summed E-state index contributed by atoms with van der Waals surface area (Å²) in [5.74, 6) is -0.963. The number of aromatic nitrogens is 2. The van der Waals surface area contributed by atoms with Crippen molar-refractivity contribution in [2.45, 2.75) is 13.0 Å². The van der Waals surface area contributed by atoms with Gasteiger partial charge in [-0.25, -0.2) is 4.79 Å². The van der Waals surface area contributed by atoms with Crippen molar-refractivity contribution >= 4 is 28.5 Å². The number of fused-ring (bicyclic) bond motifs is 1. The summed E-state index contributed by atoms with van der Waals surface area (Å²) in [6.07, 6.45) is 4.39. The van der Waals surface area contributed by atoms with Crippen molar-refractivity contribution in [1.29, 1.82) is 0 Å². The van der Waals surface area contributed by atoms with Crippen LogP contribution in [0.4, 0.5) is 0 Å². The molecule has 4 nitrogen and oxygen atoms in total. The lowest BCUT2D eigenvalue weighted by atomic mass is 9.99. The molecule has 27 heavy (non-hydrogen) atoms. The van der Waals surface area contributed by atoms with Gasteiger partial charge in [-0.2, -0.15) is 0 Å². The molecule has 4 aromatic rings. The molecular weight excluding hydrogens is 360 g/mol. The first-order chi connectivity index (χ1) is 13.1. The number of carboxylic acid groups (broad SMARTS) is 1. The van der Waals surface area contributed by atoms with Crippen molar-refractivity contribution in [2.24, 2.45) is 0 Å². The Balaban J connectivity index is 1.63. The molecule has 2 aromatic heterocycles. The summed E-state index contributed by atoms with van der Waals surface area (Å²) in [4.78, 5) is 15.9. The van der Waals surface area contributed by atoms with E-state index in [-0.39, 0.29) is 5.56 Å². The molecular formula is C22H17ClN2O2. The third kappa shape index (κ3) is 3.71. The fourth-order valence-corrected chi connectivity index (χ4v) is 3.46. The summed E-state index contributed by atoms with van der Waals surface area (Å²) in [5.41, 5.74) is 4.18. The third-order valence-corrected chi connectivity index (χ3v) is 4.83. The van der Waals surface area contributed by atoms with Gasteiger partial charge in [-0.1, -0.05) is 29.8 Å². The molecule has 2 aromatic carbocycles. The van der Waals surface area contributed by atoms with Crippen molar-refractivity contribution in [3.8, 4) is 0 Å². The smallest absolute Gasteiger partial charge is 0.336 e. The summed E-state index contributed by atoms with van der Waals surface area (Å²) in [6.45, 7) is 0.712. The van der Waals surface area contributed by atoms with E-state index < -0.39 is 5.97 Å². The Morgan fingerprint density at radius 2 is 1.96 bits per heavy atom. The Kier molecular flexibility index (Phi) is 4.65. The average molecular weight is 377 g/mol. The molecule has 4 rings (SSSR count). The predicted octanol–water partition coefficient (Wildman–Crippen LogP) is 5.03. The van der Waals surface area contributed by atoms with E-state index in [0.29, 0.717) is 18.0 Å². The van der Waals surface area contributed by atoms with Crippen LogP contribution in [0, 0.1) is 0 Å². The van der Waals surface area contributed by atoms with Crippen molar-refractivity contribution in [2.75, 3.05) is 0 Å². The summed E-state index contributed by atoms with van der Waals surface area (Å²) in [7, 11) is 0. The molecule has 0 spiro atoms. The number of hydrogen-bond donors (Lipinski definition) is 1. The van der Waals surface area contributed by atoms with Gasteiger partial charge in [-0.05, 0) is 65.4 Å². The lowest BCUT2D eigenvalue weighted by Gasteiger charge is -2.08. The molecule has 0 aliphatic heterocycles. The molecule has 2 heterocycles. The van der Waals surface area contributed by atoms with Crippen LogP contribution in [0.5, 0.6) is 0 Å². The quantitative estimate of drug-likeness (QED) is 0.531. The van der Waals surface area contributed by atoms with Gasteiger partial charge in [-0.15, -0.1) is 0 Å². The molecule has 0 radical (unpaired) electrons. The van der Waals surface area contributed by atoms with Gasteiger partial charge in [0.2, 0.25) is 0 Å². The number of rotatable bonds is 5. The normalized spacial score (nSPS) is 11.0. The maximum absolute atomic E-state index is 11.5. The van der Waals surface area contributed by atoms with Crippen molar-refractivity contribution in [3.63, 3.8) is 0 Å². The van der Waals surface area contributed by atoms with Crippen LogP contribution in [0.3, 0.4) is 0 Å². The number of pyridine rings is 1. The molecule has 134 valence electrons. The first-order valence-corrected chi connectivity index (χ1v) is 8.97. The molecule has 0 aliphatic rings. The maximum Gasteiger partial charge on any atom is 0.336 e. The first-order valence-electron chi connectivity index (χ1n) is 8.59. The molecule has 0 fully saturated rings. The molecule has 0 atom stereocenters. The highest BCUT2D eigenvalue weighted by Crippen LogP contribution is 2.23. The Labute approximate surface area is 161 Å². The highest BCUT2D eigenvalue weighted by atomic mass is 35.5. The topological polar surface area (TPSA) is 55.1 Å². The number of aromatic carboxylic acids is 1. The molecule has 0 saturated carbocycles. The maximum atomic E-state index is 11.5. The summed E-state index contributed by atoms with van der Waals surface area (Å²) >= 11 is 5.94. The molecule has 0 aliphatic carbocycles. The lowest BCUT2D eigenvalue weighted by Crippen LogP contribution is -2.03. The Morgan fingerprint density at radius 3 is 2.74 bits per heavy atom. The highest BCUT2D eigenvalue weighted by Gasteiger charge is 2.12. The van der Waals surface area contributed by atoms with Crippen molar-refractivity contribution in [3.05, 3.63) is 100 Å². The summed E-state index contributed by atoms with van der Waals surface area (Å²) < 4.78 is 2.16. The van der Waals surface area contributed by atoms with E-state index in [4.69, 9.17) is 11.6 Å². The molecule has 5 heteroatoms. The Bertz CT molecular complexity index is 1120. The van der Waals surface area contributed by atoms with Crippen LogP contribution in [0.15, 0.2) is 73.1 Å². The standard InChI is InChI=1S/C22H17ClN2O2/c23-18-6-5-16(20(13-18)22(26)27)11-15-4-7-21-17(12-15)8-10-25(21)14-19-3-1-2-9-24-19/h1-10,12-13H,11,14H2,(H,26,27). The summed E-state index contributed by atoms with van der Waals surface area (Å²) in [6, 6.07) is 19.2. The minimum atomic E-state index is -0.963. The second kappa shape index (κ2) is 7.25. The minimum absolute atomic E-state index is 0.246. The van der Waals surface area contributed by atoms with Gasteiger partial charge in [0, 0.05) is 22.9 Å². The van der Waals surface area contributed by atoms with Gasteiger partial charge in [0.25, 0.3) is 0 Å². The zero-order chi connectivity index (χ0) is 18.8. The number of carboxylic acids is 1. The number of carbonyl (C=O) groups is 1. The summed E-state index contributed by atoms with van der Waals surface area (Å²) in [5, 5.41) is 11.0. The zero-order valence-electron chi connectivity index (χ0n) is 14.5. The van der Waals surface area contributed by atoms with Crippen molar-refractivity contribution in [1.82, 2.24) is 9.55 Å². The van der Waals surface area contributed by atoms with Crippen LogP contribution in [-0.4, -0.2) is 20.6 Å². The monoisotopic (exact) mass is 376 g/mol. The van der Waals surface area contributed by atoms with Gasteiger partial charge < -0.3 is 9.67 Å². The lowest BCUT2D eigenvalue weighted by molar-refractivity contribution is 0.0696. The Hall–Kier alpha value is -3.11. The number of hydrogen-bond acceptors (Lipinski definition) is 2. The number of halogens is 1. The fraction of sp³-hybridized carbons (Fsp3) is 0.0909. The number of benzene rings is 2. The van der Waals surface area contributed by atoms with E-state index in [9.17, 15) is 9.90 Å². The van der Waals surface area contributed by atoms with Crippen LogP contribution in [-0.2, 0) is 13.0 Å². The van der Waals surface area contributed by atoms with E-state index in [2.05, 4.69) is 27.8 Å². The number of nitrogens with zero attached hydrogens (tertiary/aromatic N) is 2. The van der Waals surface area contributed by atoms with Gasteiger partial charge in [0.15, 0.2) is 0 Å². The highest BCUT2D eigenvalue weighted by molar-refractivity contribution is 6.31. The van der Waals surface area contributed by atoms with E-state index in [1.807, 2.05) is 30.5 Å². The largest absolute Gasteiger partial charge is 0.478 e. The van der Waals surface area contributed by atoms with Crippen LogP contribution in [0.25, 0.3) is 10.9 Å². The van der Waals surface area contributed by atoms with Gasteiger partial charge in [-0.3, -0.25) is 4.98 Å². The molecule has 0 bridgehead atoms. The SMILES string of the molecule is O=C(O)c1cc(Cl)ccc1Cc1ccc2c(ccn2Cc2ccccn2)c1. The van der Waals surface area contributed by atoms with Gasteiger partial charge in [0.1, 0.15) is 0 Å². The molecule has 0 saturated heterocycles. The fourth-order valence-electron chi connectivity index (χ4n) is 3.29. The van der Waals surface area contributed by atoms with E-state index in [0.717, 1.165) is 27.7 Å². The average Bonchev–Trinajstić information content (AvgIpc) is 3.06. The molecule has 0 unspecified atom stereocenters. The molecule has 1 N–H and O–H groups in total. The van der Waals surface area contributed by atoms with E-state index >= 15 is 0 Å². The van der Waals surface area contributed by atoms with Crippen LogP contribution in [0.1, 0.15) is 27.2 Å². The van der Waals surface area contributed by atoms with Gasteiger partial charge >= 0.3 is 5.97 Å². The van der Waals surface area contributed by atoms with E-state index in [1.165, 1.54) is 6.07 Å².